The number of amides is 1. The molecule has 120 valence electrons. The standard InChI is InChI=1S/C13H20BrNO6/c1-13(2,3)21-11(18)4-6-20-7-5-15-12(19)9(14)8-10(16)17/h8H,4-7H2,1-3H3,(H,15,19)(H,16,17)/b9-8+. The highest BCUT2D eigenvalue weighted by Gasteiger charge is 2.15. The van der Waals surface area contributed by atoms with Gasteiger partial charge in [-0.2, -0.15) is 0 Å². The molecule has 0 radical (unpaired) electrons. The van der Waals surface area contributed by atoms with E-state index in [4.69, 9.17) is 14.6 Å². The van der Waals surface area contributed by atoms with Gasteiger partial charge in [-0.15, -0.1) is 0 Å². The Morgan fingerprint density at radius 1 is 1.24 bits per heavy atom. The monoisotopic (exact) mass is 365 g/mol. The van der Waals surface area contributed by atoms with Crippen molar-refractivity contribution in [2.75, 3.05) is 19.8 Å². The molecule has 0 aliphatic heterocycles. The Morgan fingerprint density at radius 2 is 1.86 bits per heavy atom. The fourth-order valence-corrected chi connectivity index (χ4v) is 1.48. The first-order valence-corrected chi connectivity index (χ1v) is 7.09. The van der Waals surface area contributed by atoms with Gasteiger partial charge in [-0.1, -0.05) is 0 Å². The van der Waals surface area contributed by atoms with E-state index in [1.165, 1.54) is 0 Å². The summed E-state index contributed by atoms with van der Waals surface area (Å²) in [4.78, 5) is 33.0. The minimum atomic E-state index is -1.22. The molecule has 0 heterocycles. The molecule has 1 amide bonds. The van der Waals surface area contributed by atoms with Crippen LogP contribution in [0.2, 0.25) is 0 Å². The molecule has 0 aromatic heterocycles. The normalized spacial score (nSPS) is 11.9. The Balaban J connectivity index is 3.72. The van der Waals surface area contributed by atoms with Crippen LogP contribution < -0.4 is 5.32 Å². The molecular formula is C13H20BrNO6. The van der Waals surface area contributed by atoms with E-state index in [1.54, 1.807) is 20.8 Å². The quantitative estimate of drug-likeness (QED) is 0.380. The Labute approximate surface area is 131 Å². The van der Waals surface area contributed by atoms with Gasteiger partial charge >= 0.3 is 11.9 Å². The molecule has 0 rings (SSSR count). The van der Waals surface area contributed by atoms with Crippen molar-refractivity contribution < 1.29 is 29.0 Å². The fraction of sp³-hybridized carbons (Fsp3) is 0.615. The van der Waals surface area contributed by atoms with E-state index in [9.17, 15) is 14.4 Å². The number of aliphatic carboxylic acids is 1. The van der Waals surface area contributed by atoms with E-state index in [2.05, 4.69) is 21.2 Å². The van der Waals surface area contributed by atoms with Crippen molar-refractivity contribution in [3.63, 3.8) is 0 Å². The van der Waals surface area contributed by atoms with Gasteiger partial charge in [0.25, 0.3) is 5.91 Å². The van der Waals surface area contributed by atoms with Crippen LogP contribution in [-0.4, -0.2) is 48.3 Å². The van der Waals surface area contributed by atoms with Gasteiger partial charge in [0.2, 0.25) is 0 Å². The van der Waals surface area contributed by atoms with Crippen molar-refractivity contribution >= 4 is 33.8 Å². The molecule has 0 unspecified atom stereocenters. The summed E-state index contributed by atoms with van der Waals surface area (Å²) in [7, 11) is 0. The number of esters is 1. The third kappa shape index (κ3) is 12.1. The number of hydrogen-bond donors (Lipinski definition) is 2. The van der Waals surface area contributed by atoms with Crippen LogP contribution >= 0.6 is 15.9 Å². The molecule has 0 saturated carbocycles. The van der Waals surface area contributed by atoms with Gasteiger partial charge in [0.15, 0.2) is 0 Å². The molecule has 0 aromatic carbocycles. The van der Waals surface area contributed by atoms with Crippen molar-refractivity contribution in [3.8, 4) is 0 Å². The van der Waals surface area contributed by atoms with Gasteiger partial charge in [-0.25, -0.2) is 4.79 Å². The van der Waals surface area contributed by atoms with E-state index in [1.807, 2.05) is 0 Å². The number of nitrogens with one attached hydrogen (secondary N) is 1. The number of carboxylic acids is 1. The highest BCUT2D eigenvalue weighted by atomic mass is 79.9. The van der Waals surface area contributed by atoms with Crippen LogP contribution in [0.25, 0.3) is 0 Å². The number of carboxylic acid groups (broad SMARTS) is 1. The maximum atomic E-state index is 11.4. The largest absolute Gasteiger partial charge is 0.478 e. The molecule has 0 atom stereocenters. The summed E-state index contributed by atoms with van der Waals surface area (Å²) in [5, 5.41) is 10.9. The lowest BCUT2D eigenvalue weighted by Gasteiger charge is -2.19. The van der Waals surface area contributed by atoms with Crippen LogP contribution in [0.15, 0.2) is 10.6 Å². The van der Waals surface area contributed by atoms with Gasteiger partial charge < -0.3 is 19.9 Å². The topological polar surface area (TPSA) is 102 Å². The van der Waals surface area contributed by atoms with Gasteiger partial charge in [0, 0.05) is 12.6 Å². The maximum Gasteiger partial charge on any atom is 0.329 e. The number of carbonyl (C=O) groups excluding carboxylic acids is 2. The fourth-order valence-electron chi connectivity index (χ4n) is 1.15. The molecule has 0 spiro atoms. The summed E-state index contributed by atoms with van der Waals surface area (Å²) in [6.45, 7) is 5.95. The lowest BCUT2D eigenvalue weighted by Crippen LogP contribution is -2.28. The van der Waals surface area contributed by atoms with Gasteiger partial charge in [0.05, 0.1) is 24.1 Å². The van der Waals surface area contributed by atoms with Gasteiger partial charge in [-0.05, 0) is 36.7 Å². The predicted molar refractivity (Wildman–Crippen MR) is 78.9 cm³/mol. The van der Waals surface area contributed by atoms with Crippen molar-refractivity contribution in [1.29, 1.82) is 0 Å². The van der Waals surface area contributed by atoms with E-state index < -0.39 is 17.5 Å². The molecule has 0 aromatic rings. The summed E-state index contributed by atoms with van der Waals surface area (Å²) in [6.07, 6.45) is 0.881. The van der Waals surface area contributed by atoms with Gasteiger partial charge in [-0.3, -0.25) is 9.59 Å². The number of halogens is 1. The summed E-state index contributed by atoms with van der Waals surface area (Å²) < 4.78 is 10.2. The lowest BCUT2D eigenvalue weighted by atomic mass is 10.2. The van der Waals surface area contributed by atoms with Crippen molar-refractivity contribution in [3.05, 3.63) is 10.6 Å². The van der Waals surface area contributed by atoms with E-state index in [-0.39, 0.29) is 36.6 Å². The summed E-state index contributed by atoms with van der Waals surface area (Å²) >= 11 is 2.84. The minimum absolute atomic E-state index is 0.0799. The molecule has 2 N–H and O–H groups in total. The minimum Gasteiger partial charge on any atom is -0.478 e. The van der Waals surface area contributed by atoms with Crippen molar-refractivity contribution in [2.24, 2.45) is 0 Å². The highest BCUT2D eigenvalue weighted by molar-refractivity contribution is 9.12. The second kappa shape index (κ2) is 9.51. The Kier molecular flexibility index (Phi) is 8.87. The average Bonchev–Trinajstić information content (AvgIpc) is 2.30. The molecule has 8 heteroatoms. The first-order valence-electron chi connectivity index (χ1n) is 6.30. The van der Waals surface area contributed by atoms with Crippen molar-refractivity contribution in [1.82, 2.24) is 5.32 Å². The van der Waals surface area contributed by atoms with Crippen LogP contribution in [0.3, 0.4) is 0 Å². The Morgan fingerprint density at radius 3 is 2.38 bits per heavy atom. The van der Waals surface area contributed by atoms with Crippen LogP contribution in [0.4, 0.5) is 0 Å². The zero-order chi connectivity index (χ0) is 16.5. The Hall–Kier alpha value is -1.41. The highest BCUT2D eigenvalue weighted by Crippen LogP contribution is 2.08. The predicted octanol–water partition coefficient (Wildman–Crippen LogP) is 1.21. The van der Waals surface area contributed by atoms with Crippen LogP contribution in [0.5, 0.6) is 0 Å². The van der Waals surface area contributed by atoms with Crippen molar-refractivity contribution in [2.45, 2.75) is 32.8 Å². The second-order valence-corrected chi connectivity index (χ2v) is 5.89. The smallest absolute Gasteiger partial charge is 0.329 e. The zero-order valence-electron chi connectivity index (χ0n) is 12.3. The molecule has 7 nitrogen and oxygen atoms in total. The van der Waals surface area contributed by atoms with Crippen LogP contribution in [0.1, 0.15) is 27.2 Å². The van der Waals surface area contributed by atoms with Gasteiger partial charge in [0.1, 0.15) is 5.60 Å². The molecule has 21 heavy (non-hydrogen) atoms. The number of carbonyl (C=O) groups is 3. The number of ether oxygens (including phenoxy) is 2. The summed E-state index contributed by atoms with van der Waals surface area (Å²) in [5.41, 5.74) is -0.520. The average molecular weight is 366 g/mol. The molecular weight excluding hydrogens is 346 g/mol. The SMILES string of the molecule is CC(C)(C)OC(=O)CCOCCNC(=O)/C(Br)=C\C(=O)O. The third-order valence-electron chi connectivity index (χ3n) is 1.87. The molecule has 0 bridgehead atoms. The maximum absolute atomic E-state index is 11.4. The van der Waals surface area contributed by atoms with E-state index in [0.717, 1.165) is 6.08 Å². The number of rotatable bonds is 8. The first kappa shape index (κ1) is 19.6. The molecule has 0 aliphatic carbocycles. The third-order valence-corrected chi connectivity index (χ3v) is 2.46. The molecule has 0 aliphatic rings. The second-order valence-electron chi connectivity index (χ2n) is 5.04. The Bertz CT molecular complexity index is 413. The van der Waals surface area contributed by atoms with E-state index in [0.29, 0.717) is 0 Å². The summed E-state index contributed by atoms with van der Waals surface area (Å²) in [6, 6.07) is 0. The summed E-state index contributed by atoms with van der Waals surface area (Å²) in [5.74, 6) is -2.11. The molecule has 0 fully saturated rings. The molecule has 0 saturated heterocycles. The number of hydrogen-bond acceptors (Lipinski definition) is 5. The van der Waals surface area contributed by atoms with Crippen LogP contribution in [-0.2, 0) is 23.9 Å². The zero-order valence-corrected chi connectivity index (χ0v) is 13.9. The van der Waals surface area contributed by atoms with Crippen LogP contribution in [0, 0.1) is 0 Å². The van der Waals surface area contributed by atoms with E-state index >= 15 is 0 Å². The first-order chi connectivity index (χ1) is 9.61. The lowest BCUT2D eigenvalue weighted by molar-refractivity contribution is -0.156.